The molecule has 1 heterocycles. The van der Waals surface area contributed by atoms with Crippen molar-refractivity contribution in [1.29, 1.82) is 0 Å². The van der Waals surface area contributed by atoms with Gasteiger partial charge in [-0.1, -0.05) is 17.7 Å². The second kappa shape index (κ2) is 3.95. The Bertz CT molecular complexity index is 466. The lowest BCUT2D eigenvalue weighted by atomic mass is 9.71. The van der Waals surface area contributed by atoms with Crippen LogP contribution in [0.2, 0.25) is 0 Å². The number of rotatable bonds is 0. The lowest BCUT2D eigenvalue weighted by Crippen LogP contribution is -2.40. The summed E-state index contributed by atoms with van der Waals surface area (Å²) in [6.07, 6.45) is 1.93. The SMILES string of the molecule is Cc1ccc2c(c1)C(=O)C[C@@H]1CCN(C)C[C@@H]21. The quantitative estimate of drug-likeness (QED) is 0.681. The fourth-order valence-corrected chi connectivity index (χ4v) is 3.34. The predicted molar refractivity (Wildman–Crippen MR) is 68.5 cm³/mol. The minimum atomic E-state index is 0.356. The normalized spacial score (nSPS) is 28.7. The smallest absolute Gasteiger partial charge is 0.163 e. The van der Waals surface area contributed by atoms with E-state index in [0.717, 1.165) is 25.1 Å². The summed E-state index contributed by atoms with van der Waals surface area (Å²) < 4.78 is 0. The number of likely N-dealkylation sites (N-methyl/N-ethyl adjacent to an activating group) is 1. The lowest BCUT2D eigenvalue weighted by molar-refractivity contribution is 0.0887. The van der Waals surface area contributed by atoms with Crippen molar-refractivity contribution >= 4 is 5.78 Å². The Labute approximate surface area is 103 Å². The van der Waals surface area contributed by atoms with Crippen molar-refractivity contribution < 1.29 is 4.79 Å². The lowest BCUT2D eigenvalue weighted by Gasteiger charge is -2.40. The van der Waals surface area contributed by atoms with Crippen LogP contribution in [0.3, 0.4) is 0 Å². The maximum atomic E-state index is 12.2. The Morgan fingerprint density at radius 3 is 3.00 bits per heavy atom. The minimum absolute atomic E-state index is 0.356. The van der Waals surface area contributed by atoms with Gasteiger partial charge in [-0.3, -0.25) is 4.79 Å². The van der Waals surface area contributed by atoms with Crippen LogP contribution in [0.1, 0.15) is 40.2 Å². The summed E-state index contributed by atoms with van der Waals surface area (Å²) in [4.78, 5) is 14.6. The highest BCUT2D eigenvalue weighted by Gasteiger charge is 2.36. The number of hydrogen-bond acceptors (Lipinski definition) is 2. The van der Waals surface area contributed by atoms with E-state index in [0.29, 0.717) is 17.6 Å². The van der Waals surface area contributed by atoms with Gasteiger partial charge in [-0.25, -0.2) is 0 Å². The number of hydrogen-bond donors (Lipinski definition) is 0. The van der Waals surface area contributed by atoms with E-state index in [2.05, 4.69) is 37.1 Å². The third-order valence-corrected chi connectivity index (χ3v) is 4.32. The van der Waals surface area contributed by atoms with Gasteiger partial charge in [-0.15, -0.1) is 0 Å². The van der Waals surface area contributed by atoms with E-state index in [1.54, 1.807) is 0 Å². The summed E-state index contributed by atoms with van der Waals surface area (Å²) in [5.41, 5.74) is 3.48. The van der Waals surface area contributed by atoms with E-state index < -0.39 is 0 Å². The first kappa shape index (κ1) is 11.0. The minimum Gasteiger partial charge on any atom is -0.306 e. The van der Waals surface area contributed by atoms with Gasteiger partial charge >= 0.3 is 0 Å². The summed E-state index contributed by atoms with van der Waals surface area (Å²) >= 11 is 0. The monoisotopic (exact) mass is 229 g/mol. The predicted octanol–water partition coefficient (Wildman–Crippen LogP) is 2.62. The van der Waals surface area contributed by atoms with Crippen molar-refractivity contribution in [3.05, 3.63) is 34.9 Å². The molecule has 0 saturated carbocycles. The molecule has 2 aliphatic rings. The van der Waals surface area contributed by atoms with Gasteiger partial charge in [-0.05, 0) is 44.5 Å². The van der Waals surface area contributed by atoms with Gasteiger partial charge in [-0.2, -0.15) is 0 Å². The first-order valence-electron chi connectivity index (χ1n) is 6.47. The van der Waals surface area contributed by atoms with Gasteiger partial charge in [0.1, 0.15) is 0 Å². The van der Waals surface area contributed by atoms with Crippen molar-refractivity contribution in [2.45, 2.75) is 25.7 Å². The second-order valence-corrected chi connectivity index (χ2v) is 5.64. The molecule has 0 N–H and O–H groups in total. The average Bonchev–Trinajstić information content (AvgIpc) is 2.30. The zero-order chi connectivity index (χ0) is 12.0. The van der Waals surface area contributed by atoms with Crippen molar-refractivity contribution in [3.8, 4) is 0 Å². The molecule has 0 radical (unpaired) electrons. The maximum Gasteiger partial charge on any atom is 0.163 e. The van der Waals surface area contributed by atoms with Gasteiger partial charge < -0.3 is 4.90 Å². The molecule has 1 aromatic carbocycles. The number of Topliss-reactive ketones (excluding diaryl/α,β-unsaturated/α-hetero) is 1. The molecule has 0 amide bonds. The number of carbonyl (C=O) groups excluding carboxylic acids is 1. The highest BCUT2D eigenvalue weighted by atomic mass is 16.1. The highest BCUT2D eigenvalue weighted by Crippen LogP contribution is 2.40. The average molecular weight is 229 g/mol. The number of likely N-dealkylation sites (tertiary alicyclic amines) is 1. The van der Waals surface area contributed by atoms with Gasteiger partial charge in [0.05, 0.1) is 0 Å². The highest BCUT2D eigenvalue weighted by molar-refractivity contribution is 5.99. The van der Waals surface area contributed by atoms with Gasteiger partial charge in [0.25, 0.3) is 0 Å². The van der Waals surface area contributed by atoms with Crippen molar-refractivity contribution in [1.82, 2.24) is 4.90 Å². The number of benzene rings is 1. The standard InChI is InChI=1S/C15H19NO/c1-10-3-4-12-13(7-10)15(17)8-11-5-6-16(2)9-14(11)12/h3-4,7,11,14H,5-6,8-9H2,1-2H3/t11-,14+/m0/s1. The Kier molecular flexibility index (Phi) is 2.55. The first-order chi connectivity index (χ1) is 8.15. The molecule has 2 nitrogen and oxygen atoms in total. The fourth-order valence-electron chi connectivity index (χ4n) is 3.34. The summed E-state index contributed by atoms with van der Waals surface area (Å²) in [5.74, 6) is 1.51. The van der Waals surface area contributed by atoms with Crippen LogP contribution in [-0.2, 0) is 0 Å². The Balaban J connectivity index is 2.05. The topological polar surface area (TPSA) is 20.3 Å². The van der Waals surface area contributed by atoms with Crippen LogP contribution in [0.15, 0.2) is 18.2 Å². The van der Waals surface area contributed by atoms with E-state index in [4.69, 9.17) is 0 Å². The second-order valence-electron chi connectivity index (χ2n) is 5.64. The van der Waals surface area contributed by atoms with Gasteiger partial charge in [0.15, 0.2) is 5.78 Å². The Hall–Kier alpha value is -1.15. The Morgan fingerprint density at radius 2 is 2.18 bits per heavy atom. The van der Waals surface area contributed by atoms with Gasteiger partial charge in [0.2, 0.25) is 0 Å². The number of fused-ring (bicyclic) bond motifs is 3. The number of aryl methyl sites for hydroxylation is 1. The zero-order valence-electron chi connectivity index (χ0n) is 10.6. The van der Waals surface area contributed by atoms with Crippen LogP contribution in [-0.4, -0.2) is 30.8 Å². The fraction of sp³-hybridized carbons (Fsp3) is 0.533. The molecule has 1 saturated heterocycles. The van der Waals surface area contributed by atoms with Crippen molar-refractivity contribution in [2.24, 2.45) is 5.92 Å². The van der Waals surface area contributed by atoms with E-state index in [1.807, 2.05) is 0 Å². The van der Waals surface area contributed by atoms with E-state index >= 15 is 0 Å². The van der Waals surface area contributed by atoms with Crippen LogP contribution < -0.4 is 0 Å². The molecule has 0 unspecified atom stereocenters. The molecule has 0 spiro atoms. The molecular formula is C15H19NO. The molecule has 0 bridgehead atoms. The van der Waals surface area contributed by atoms with Gasteiger partial charge in [0, 0.05) is 24.4 Å². The van der Waals surface area contributed by atoms with Crippen molar-refractivity contribution in [3.63, 3.8) is 0 Å². The maximum absolute atomic E-state index is 12.2. The van der Waals surface area contributed by atoms with Crippen molar-refractivity contribution in [2.75, 3.05) is 20.1 Å². The first-order valence-corrected chi connectivity index (χ1v) is 6.47. The molecule has 1 aromatic rings. The third-order valence-electron chi connectivity index (χ3n) is 4.32. The van der Waals surface area contributed by atoms with E-state index in [9.17, 15) is 4.79 Å². The van der Waals surface area contributed by atoms with E-state index in [1.165, 1.54) is 17.5 Å². The van der Waals surface area contributed by atoms with E-state index in [-0.39, 0.29) is 0 Å². The molecule has 1 aliphatic heterocycles. The zero-order valence-corrected chi connectivity index (χ0v) is 10.6. The molecule has 3 rings (SSSR count). The van der Waals surface area contributed by atoms with Crippen LogP contribution in [0.4, 0.5) is 0 Å². The molecule has 0 aromatic heterocycles. The van der Waals surface area contributed by atoms with Crippen LogP contribution in [0, 0.1) is 12.8 Å². The summed E-state index contributed by atoms with van der Waals surface area (Å²) in [7, 11) is 2.18. The molecule has 17 heavy (non-hydrogen) atoms. The Morgan fingerprint density at radius 1 is 1.35 bits per heavy atom. The molecule has 90 valence electrons. The summed E-state index contributed by atoms with van der Waals surface area (Å²) in [6.45, 7) is 4.30. The number of ketones is 1. The largest absolute Gasteiger partial charge is 0.306 e. The molecular weight excluding hydrogens is 210 g/mol. The third kappa shape index (κ3) is 1.81. The number of carbonyl (C=O) groups is 1. The van der Waals surface area contributed by atoms with Crippen LogP contribution in [0.25, 0.3) is 0 Å². The molecule has 1 fully saturated rings. The molecule has 1 aliphatic carbocycles. The van der Waals surface area contributed by atoms with Crippen LogP contribution >= 0.6 is 0 Å². The number of piperidine rings is 1. The molecule has 2 heteroatoms. The number of nitrogens with zero attached hydrogens (tertiary/aromatic N) is 1. The molecule has 2 atom stereocenters. The summed E-state index contributed by atoms with van der Waals surface area (Å²) in [5, 5.41) is 0. The van der Waals surface area contributed by atoms with Crippen LogP contribution in [0.5, 0.6) is 0 Å². The summed E-state index contributed by atoms with van der Waals surface area (Å²) in [6, 6.07) is 6.39.